The van der Waals surface area contributed by atoms with Crippen molar-refractivity contribution in [2.45, 2.75) is 50.9 Å². The largest absolute Gasteiger partial charge is 0.389 e. The van der Waals surface area contributed by atoms with E-state index in [1.165, 1.54) is 0 Å². The number of aromatic nitrogens is 2. The van der Waals surface area contributed by atoms with E-state index in [0.717, 1.165) is 0 Å². The van der Waals surface area contributed by atoms with Crippen LogP contribution in [0.4, 0.5) is 22.0 Å². The summed E-state index contributed by atoms with van der Waals surface area (Å²) in [7, 11) is 0. The minimum Gasteiger partial charge on any atom is -0.352 e. The molecule has 2 amide bonds. The normalized spacial score (nSPS) is 17.9. The van der Waals surface area contributed by atoms with Crippen LogP contribution in [0.2, 0.25) is 0 Å². The predicted molar refractivity (Wildman–Crippen MR) is 92.7 cm³/mol. The first-order chi connectivity index (χ1) is 13.5. The number of rotatable bonds is 8. The van der Waals surface area contributed by atoms with Crippen molar-refractivity contribution >= 4 is 22.8 Å². The van der Waals surface area contributed by atoms with Gasteiger partial charge in [-0.1, -0.05) is 6.07 Å². The maximum atomic E-state index is 12.8. The van der Waals surface area contributed by atoms with Crippen molar-refractivity contribution in [2.75, 3.05) is 0 Å². The van der Waals surface area contributed by atoms with Gasteiger partial charge in [0.05, 0.1) is 24.0 Å². The number of halogens is 5. The second kappa shape index (κ2) is 7.96. The molecule has 1 aromatic carbocycles. The first-order valence-corrected chi connectivity index (χ1v) is 8.97. The Morgan fingerprint density at radius 1 is 1.17 bits per heavy atom. The van der Waals surface area contributed by atoms with Crippen molar-refractivity contribution in [3.63, 3.8) is 0 Å². The molecule has 6 nitrogen and oxygen atoms in total. The van der Waals surface area contributed by atoms with Crippen molar-refractivity contribution in [3.05, 3.63) is 29.6 Å². The SMILES string of the molecule is O=C(CCC(F)(F)F)NCc1ccc2nc(CNC(=O)C[C@@H]3CC3(F)F)[nH]c2c1. The minimum atomic E-state index is -4.38. The molecular formula is C18H19F5N4O2. The maximum Gasteiger partial charge on any atom is 0.389 e. The van der Waals surface area contributed by atoms with Gasteiger partial charge in [-0.25, -0.2) is 13.8 Å². The topological polar surface area (TPSA) is 86.9 Å². The number of carbonyl (C=O) groups excluding carboxylic acids is 2. The molecule has 2 aromatic rings. The summed E-state index contributed by atoms with van der Waals surface area (Å²) >= 11 is 0. The highest BCUT2D eigenvalue weighted by Crippen LogP contribution is 2.50. The van der Waals surface area contributed by atoms with E-state index in [1.807, 2.05) is 0 Å². The summed E-state index contributed by atoms with van der Waals surface area (Å²) < 4.78 is 62.0. The molecule has 3 rings (SSSR count). The number of benzene rings is 1. The Bertz CT molecular complexity index is 909. The zero-order valence-electron chi connectivity index (χ0n) is 15.2. The molecule has 0 radical (unpaired) electrons. The van der Waals surface area contributed by atoms with Gasteiger partial charge in [0.2, 0.25) is 11.8 Å². The third kappa shape index (κ3) is 6.13. The average Bonchev–Trinajstić information content (AvgIpc) is 3.03. The Labute approximate surface area is 162 Å². The second-order valence-electron chi connectivity index (χ2n) is 7.07. The van der Waals surface area contributed by atoms with Gasteiger partial charge in [-0.15, -0.1) is 0 Å². The molecule has 0 aliphatic heterocycles. The quantitative estimate of drug-likeness (QED) is 0.576. The van der Waals surface area contributed by atoms with Crippen molar-refractivity contribution in [3.8, 4) is 0 Å². The van der Waals surface area contributed by atoms with Crippen LogP contribution in [0.5, 0.6) is 0 Å². The van der Waals surface area contributed by atoms with Crippen molar-refractivity contribution in [1.82, 2.24) is 20.6 Å². The average molecular weight is 418 g/mol. The van der Waals surface area contributed by atoms with Crippen molar-refractivity contribution < 1.29 is 31.5 Å². The molecule has 1 aliphatic rings. The lowest BCUT2D eigenvalue weighted by Crippen LogP contribution is -2.24. The molecule has 1 saturated carbocycles. The summed E-state index contributed by atoms with van der Waals surface area (Å²) in [5.41, 5.74) is 1.87. The lowest BCUT2D eigenvalue weighted by molar-refractivity contribution is -0.144. The Kier molecular flexibility index (Phi) is 5.76. The molecule has 0 unspecified atom stereocenters. The summed E-state index contributed by atoms with van der Waals surface area (Å²) in [5, 5.41) is 4.96. The number of aromatic amines is 1. The predicted octanol–water partition coefficient (Wildman–Crippen LogP) is 3.18. The molecule has 158 valence electrons. The third-order valence-electron chi connectivity index (χ3n) is 4.56. The number of nitrogens with zero attached hydrogens (tertiary/aromatic N) is 1. The van der Waals surface area contributed by atoms with Gasteiger partial charge in [-0.05, 0) is 17.7 Å². The summed E-state index contributed by atoms with van der Waals surface area (Å²) in [6.45, 7) is 0.114. The molecule has 1 fully saturated rings. The minimum absolute atomic E-state index is 0.0509. The molecule has 0 saturated heterocycles. The number of nitrogens with one attached hydrogen (secondary N) is 3. The van der Waals surface area contributed by atoms with Crippen molar-refractivity contribution in [2.24, 2.45) is 5.92 Å². The molecular weight excluding hydrogens is 399 g/mol. The second-order valence-corrected chi connectivity index (χ2v) is 7.07. The number of alkyl halides is 5. The monoisotopic (exact) mass is 418 g/mol. The van der Waals surface area contributed by atoms with Crippen LogP contribution < -0.4 is 10.6 Å². The molecule has 29 heavy (non-hydrogen) atoms. The fourth-order valence-electron chi connectivity index (χ4n) is 2.82. The first-order valence-electron chi connectivity index (χ1n) is 8.97. The number of amides is 2. The van der Waals surface area contributed by atoms with Gasteiger partial charge in [0.25, 0.3) is 5.92 Å². The van der Waals surface area contributed by atoms with Crippen LogP contribution in [0, 0.1) is 5.92 Å². The van der Waals surface area contributed by atoms with E-state index in [-0.39, 0.29) is 25.9 Å². The highest BCUT2D eigenvalue weighted by atomic mass is 19.4. The van der Waals surface area contributed by atoms with E-state index in [4.69, 9.17) is 0 Å². The Morgan fingerprint density at radius 2 is 1.86 bits per heavy atom. The van der Waals surface area contributed by atoms with Gasteiger partial charge >= 0.3 is 6.18 Å². The Hall–Kier alpha value is -2.72. The van der Waals surface area contributed by atoms with Crippen LogP contribution in [-0.2, 0) is 22.7 Å². The van der Waals surface area contributed by atoms with E-state index in [2.05, 4.69) is 20.6 Å². The summed E-state index contributed by atoms with van der Waals surface area (Å²) in [4.78, 5) is 30.4. The molecule has 0 spiro atoms. The van der Waals surface area contributed by atoms with Gasteiger partial charge in [0, 0.05) is 31.7 Å². The highest BCUT2D eigenvalue weighted by molar-refractivity contribution is 5.78. The Balaban J connectivity index is 1.49. The standard InChI is InChI=1S/C18H19F5N4O2/c19-17(20)7-11(17)6-16(29)25-9-14-26-12-2-1-10(5-13(12)27-14)8-24-15(28)3-4-18(21,22)23/h1-2,5,11H,3-4,6-9H2,(H,24,28)(H,25,29)(H,26,27)/t11-/m1/s1. The van der Waals surface area contributed by atoms with Crippen LogP contribution in [0.3, 0.4) is 0 Å². The van der Waals surface area contributed by atoms with Crippen LogP contribution in [0.15, 0.2) is 18.2 Å². The summed E-state index contributed by atoms with van der Waals surface area (Å²) in [5.74, 6) is -4.38. The van der Waals surface area contributed by atoms with Gasteiger partial charge in [0.1, 0.15) is 5.82 Å². The van der Waals surface area contributed by atoms with E-state index < -0.39 is 42.7 Å². The molecule has 1 aliphatic carbocycles. The highest BCUT2D eigenvalue weighted by Gasteiger charge is 2.57. The van der Waals surface area contributed by atoms with E-state index in [1.54, 1.807) is 18.2 Å². The fourth-order valence-corrected chi connectivity index (χ4v) is 2.82. The van der Waals surface area contributed by atoms with Gasteiger partial charge in [-0.3, -0.25) is 9.59 Å². The van der Waals surface area contributed by atoms with Crippen molar-refractivity contribution in [1.29, 1.82) is 0 Å². The Morgan fingerprint density at radius 3 is 2.52 bits per heavy atom. The number of carbonyl (C=O) groups is 2. The molecule has 0 bridgehead atoms. The lowest BCUT2D eigenvalue weighted by atomic mass is 10.2. The number of hydrogen-bond donors (Lipinski definition) is 3. The van der Waals surface area contributed by atoms with Crippen LogP contribution in [-0.4, -0.2) is 33.9 Å². The van der Waals surface area contributed by atoms with Crippen LogP contribution in [0.25, 0.3) is 11.0 Å². The van der Waals surface area contributed by atoms with Crippen LogP contribution in [0.1, 0.15) is 37.1 Å². The molecule has 1 heterocycles. The fraction of sp³-hybridized carbons (Fsp3) is 0.500. The van der Waals surface area contributed by atoms with Gasteiger partial charge in [0.15, 0.2) is 0 Å². The van der Waals surface area contributed by atoms with Gasteiger partial charge < -0.3 is 15.6 Å². The molecule has 11 heteroatoms. The number of fused-ring (bicyclic) bond motifs is 1. The smallest absolute Gasteiger partial charge is 0.352 e. The molecule has 3 N–H and O–H groups in total. The zero-order valence-corrected chi connectivity index (χ0v) is 15.2. The van der Waals surface area contributed by atoms with Gasteiger partial charge in [-0.2, -0.15) is 13.2 Å². The third-order valence-corrected chi connectivity index (χ3v) is 4.56. The van der Waals surface area contributed by atoms with E-state index in [0.29, 0.717) is 22.4 Å². The molecule has 1 atom stereocenters. The van der Waals surface area contributed by atoms with E-state index >= 15 is 0 Å². The molecule has 1 aromatic heterocycles. The van der Waals surface area contributed by atoms with Crippen LogP contribution >= 0.6 is 0 Å². The first kappa shape index (κ1) is 21.0. The summed E-state index contributed by atoms with van der Waals surface area (Å²) in [6.07, 6.45) is -6.68. The van der Waals surface area contributed by atoms with E-state index in [9.17, 15) is 31.5 Å². The maximum absolute atomic E-state index is 12.8. The number of hydrogen-bond acceptors (Lipinski definition) is 3. The number of H-pyrrole nitrogens is 1. The lowest BCUT2D eigenvalue weighted by Gasteiger charge is -2.07. The number of imidazole rings is 1. The zero-order chi connectivity index (χ0) is 21.2. The summed E-state index contributed by atoms with van der Waals surface area (Å²) in [6, 6.07) is 5.02.